The van der Waals surface area contributed by atoms with Gasteiger partial charge in [-0.25, -0.2) is 0 Å². The van der Waals surface area contributed by atoms with Crippen molar-refractivity contribution in [2.75, 3.05) is 5.73 Å². The number of benzene rings is 1. The largest absolute Gasteiger partial charge is 0.398 e. The molecule has 2 aromatic rings. The predicted molar refractivity (Wildman–Crippen MR) is 68.0 cm³/mol. The highest BCUT2D eigenvalue weighted by molar-refractivity contribution is 9.10. The predicted octanol–water partition coefficient (Wildman–Crippen LogP) is 3.45. The highest BCUT2D eigenvalue weighted by atomic mass is 79.9. The third-order valence-electron chi connectivity index (χ3n) is 2.67. The Morgan fingerprint density at radius 2 is 2.13 bits per heavy atom. The number of nitrogens with zero attached hydrogens (tertiary/aromatic N) is 1. The first-order valence-corrected chi connectivity index (χ1v) is 5.77. The molecule has 0 amide bonds. The SMILES string of the molecule is CCc1c(C)nc2c(Br)cccc2c1N. The maximum absolute atomic E-state index is 6.14. The molecule has 0 aliphatic heterocycles. The fourth-order valence-electron chi connectivity index (χ4n) is 1.89. The van der Waals surface area contributed by atoms with E-state index in [1.165, 1.54) is 0 Å². The molecule has 2 rings (SSSR count). The van der Waals surface area contributed by atoms with Crippen LogP contribution in [0.25, 0.3) is 10.9 Å². The van der Waals surface area contributed by atoms with E-state index in [2.05, 4.69) is 27.8 Å². The van der Waals surface area contributed by atoms with E-state index in [0.29, 0.717) is 0 Å². The van der Waals surface area contributed by atoms with Crippen molar-refractivity contribution >= 4 is 32.5 Å². The summed E-state index contributed by atoms with van der Waals surface area (Å²) in [5.41, 5.74) is 10.1. The number of anilines is 1. The van der Waals surface area contributed by atoms with Crippen LogP contribution in [0, 0.1) is 6.92 Å². The molecule has 0 aliphatic carbocycles. The van der Waals surface area contributed by atoms with Crippen LogP contribution in [0.4, 0.5) is 5.69 Å². The first-order valence-electron chi connectivity index (χ1n) is 4.98. The molecule has 1 aromatic heterocycles. The summed E-state index contributed by atoms with van der Waals surface area (Å²) in [6, 6.07) is 5.99. The number of nitrogen functional groups attached to an aromatic ring is 1. The van der Waals surface area contributed by atoms with E-state index >= 15 is 0 Å². The Morgan fingerprint density at radius 3 is 2.80 bits per heavy atom. The lowest BCUT2D eigenvalue weighted by Crippen LogP contribution is -2.00. The molecule has 0 spiro atoms. The Bertz CT molecular complexity index is 521. The van der Waals surface area contributed by atoms with Crippen molar-refractivity contribution in [3.63, 3.8) is 0 Å². The van der Waals surface area contributed by atoms with E-state index in [4.69, 9.17) is 5.73 Å². The quantitative estimate of drug-likeness (QED) is 0.857. The normalized spacial score (nSPS) is 10.9. The molecule has 1 aromatic carbocycles. The van der Waals surface area contributed by atoms with Gasteiger partial charge < -0.3 is 5.73 Å². The van der Waals surface area contributed by atoms with E-state index in [9.17, 15) is 0 Å². The number of rotatable bonds is 1. The van der Waals surface area contributed by atoms with E-state index in [1.807, 2.05) is 25.1 Å². The lowest BCUT2D eigenvalue weighted by molar-refractivity contribution is 1.07. The van der Waals surface area contributed by atoms with Crippen molar-refractivity contribution in [1.29, 1.82) is 0 Å². The van der Waals surface area contributed by atoms with Crippen LogP contribution in [-0.2, 0) is 6.42 Å². The number of fused-ring (bicyclic) bond motifs is 1. The molecule has 0 unspecified atom stereocenters. The minimum atomic E-state index is 0.862. The zero-order chi connectivity index (χ0) is 11.0. The van der Waals surface area contributed by atoms with Crippen LogP contribution >= 0.6 is 15.9 Å². The van der Waals surface area contributed by atoms with Crippen LogP contribution in [0.5, 0.6) is 0 Å². The molecule has 2 N–H and O–H groups in total. The molecule has 0 saturated carbocycles. The second kappa shape index (κ2) is 3.81. The van der Waals surface area contributed by atoms with Gasteiger partial charge in [-0.1, -0.05) is 19.1 Å². The molecule has 3 heteroatoms. The van der Waals surface area contributed by atoms with Crippen molar-refractivity contribution in [2.45, 2.75) is 20.3 Å². The maximum Gasteiger partial charge on any atom is 0.0868 e. The van der Waals surface area contributed by atoms with Gasteiger partial charge in [0.1, 0.15) is 0 Å². The summed E-state index contributed by atoms with van der Waals surface area (Å²) in [6.45, 7) is 4.11. The summed E-state index contributed by atoms with van der Waals surface area (Å²) in [5.74, 6) is 0. The number of halogens is 1. The van der Waals surface area contributed by atoms with Crippen LogP contribution < -0.4 is 5.73 Å². The summed E-state index contributed by atoms with van der Waals surface area (Å²) in [5, 5.41) is 1.03. The number of para-hydroxylation sites is 1. The lowest BCUT2D eigenvalue weighted by atomic mass is 10.0. The summed E-state index contributed by atoms with van der Waals surface area (Å²) >= 11 is 3.49. The molecule has 0 fully saturated rings. The summed E-state index contributed by atoms with van der Waals surface area (Å²) in [4.78, 5) is 4.58. The number of hydrogen-bond donors (Lipinski definition) is 1. The van der Waals surface area contributed by atoms with Crippen molar-refractivity contribution in [2.24, 2.45) is 0 Å². The van der Waals surface area contributed by atoms with Gasteiger partial charge in [0, 0.05) is 21.2 Å². The highest BCUT2D eigenvalue weighted by Gasteiger charge is 2.09. The monoisotopic (exact) mass is 264 g/mol. The van der Waals surface area contributed by atoms with E-state index in [1.54, 1.807) is 0 Å². The van der Waals surface area contributed by atoms with Crippen molar-refractivity contribution in [1.82, 2.24) is 4.98 Å². The zero-order valence-electron chi connectivity index (χ0n) is 8.84. The number of pyridine rings is 1. The molecule has 0 saturated heterocycles. The van der Waals surface area contributed by atoms with Crippen molar-refractivity contribution < 1.29 is 0 Å². The topological polar surface area (TPSA) is 38.9 Å². The Labute approximate surface area is 97.6 Å². The van der Waals surface area contributed by atoms with Gasteiger partial charge in [0.05, 0.1) is 5.52 Å². The Morgan fingerprint density at radius 1 is 1.40 bits per heavy atom. The van der Waals surface area contributed by atoms with Crippen LogP contribution in [-0.4, -0.2) is 4.98 Å². The molecule has 1 heterocycles. The first-order chi connectivity index (χ1) is 7.15. The molecular formula is C12H13BrN2. The Balaban J connectivity index is 2.91. The fraction of sp³-hybridized carbons (Fsp3) is 0.250. The smallest absolute Gasteiger partial charge is 0.0868 e. The van der Waals surface area contributed by atoms with Crippen LogP contribution in [0.3, 0.4) is 0 Å². The van der Waals surface area contributed by atoms with E-state index in [0.717, 1.165) is 38.7 Å². The van der Waals surface area contributed by atoms with E-state index in [-0.39, 0.29) is 0 Å². The third-order valence-corrected chi connectivity index (χ3v) is 3.31. The van der Waals surface area contributed by atoms with Gasteiger partial charge in [0.2, 0.25) is 0 Å². The molecule has 0 radical (unpaired) electrons. The Hall–Kier alpha value is -1.09. The minimum absolute atomic E-state index is 0.862. The second-order valence-corrected chi connectivity index (χ2v) is 4.43. The lowest BCUT2D eigenvalue weighted by Gasteiger charge is -2.11. The molecule has 2 nitrogen and oxygen atoms in total. The first kappa shape index (κ1) is 10.4. The van der Waals surface area contributed by atoms with Gasteiger partial charge in [-0.15, -0.1) is 0 Å². The molecule has 78 valence electrons. The van der Waals surface area contributed by atoms with Crippen LogP contribution in [0.15, 0.2) is 22.7 Å². The average Bonchev–Trinajstić information content (AvgIpc) is 2.20. The molecular weight excluding hydrogens is 252 g/mol. The summed E-state index contributed by atoms with van der Waals surface area (Å²) < 4.78 is 0.998. The van der Waals surface area contributed by atoms with Gasteiger partial charge in [0.25, 0.3) is 0 Å². The number of nitrogens with two attached hydrogens (primary N) is 1. The van der Waals surface area contributed by atoms with Gasteiger partial charge >= 0.3 is 0 Å². The molecule has 0 aliphatic rings. The summed E-state index contributed by atoms with van der Waals surface area (Å²) in [7, 11) is 0. The minimum Gasteiger partial charge on any atom is -0.398 e. The van der Waals surface area contributed by atoms with Crippen molar-refractivity contribution in [3.05, 3.63) is 33.9 Å². The van der Waals surface area contributed by atoms with Gasteiger partial charge in [-0.2, -0.15) is 0 Å². The van der Waals surface area contributed by atoms with E-state index < -0.39 is 0 Å². The summed E-state index contributed by atoms with van der Waals surface area (Å²) in [6.07, 6.45) is 0.924. The third kappa shape index (κ3) is 1.61. The van der Waals surface area contributed by atoms with Crippen molar-refractivity contribution in [3.8, 4) is 0 Å². The second-order valence-electron chi connectivity index (χ2n) is 3.58. The molecule has 0 bridgehead atoms. The van der Waals surface area contributed by atoms with Gasteiger partial charge in [-0.3, -0.25) is 4.98 Å². The average molecular weight is 265 g/mol. The fourth-order valence-corrected chi connectivity index (χ4v) is 2.34. The number of hydrogen-bond acceptors (Lipinski definition) is 2. The van der Waals surface area contributed by atoms with Crippen LogP contribution in [0.1, 0.15) is 18.2 Å². The molecule has 0 atom stereocenters. The zero-order valence-corrected chi connectivity index (χ0v) is 10.4. The van der Waals surface area contributed by atoms with Gasteiger partial charge in [-0.05, 0) is 40.9 Å². The standard InChI is InChI=1S/C12H13BrN2/c1-3-8-7(2)15-12-9(11(8)14)5-4-6-10(12)13/h4-6H,3H2,1-2H3,(H2,14,15). The Kier molecular flexibility index (Phi) is 2.65. The van der Waals surface area contributed by atoms with Crippen LogP contribution in [0.2, 0.25) is 0 Å². The van der Waals surface area contributed by atoms with Gasteiger partial charge in [0.15, 0.2) is 0 Å². The number of aryl methyl sites for hydroxylation is 1. The highest BCUT2D eigenvalue weighted by Crippen LogP contribution is 2.30. The molecule has 15 heavy (non-hydrogen) atoms. The number of aromatic nitrogens is 1. The maximum atomic E-state index is 6.14.